The van der Waals surface area contributed by atoms with E-state index < -0.39 is 20.0 Å². The highest BCUT2D eigenvalue weighted by molar-refractivity contribution is 7.92. The minimum atomic E-state index is -3.74. The average molecular weight is 454 g/mol. The number of anilines is 1. The lowest BCUT2D eigenvalue weighted by atomic mass is 10.3. The first-order chi connectivity index (χ1) is 14.3. The third-order valence-corrected chi connectivity index (χ3v) is 9.15. The molecule has 11 heteroatoms. The second kappa shape index (κ2) is 8.05. The third kappa shape index (κ3) is 3.96. The van der Waals surface area contributed by atoms with Crippen molar-refractivity contribution in [3.8, 4) is 0 Å². The Kier molecular flexibility index (Phi) is 5.60. The van der Waals surface area contributed by atoms with E-state index in [1.165, 1.54) is 39.1 Å². The Morgan fingerprint density at radius 2 is 1.63 bits per heavy atom. The van der Waals surface area contributed by atoms with Gasteiger partial charge in [-0.15, -0.1) is 0 Å². The summed E-state index contributed by atoms with van der Waals surface area (Å²) in [5.41, 5.74) is 0.475. The SMILES string of the molecule is O=C(c1ccco1)N1CCN(S(=O)(=O)c2ccc(N3CCCCS3(=O)=O)cc2)CC1. The van der Waals surface area contributed by atoms with Crippen LogP contribution >= 0.6 is 0 Å². The van der Waals surface area contributed by atoms with E-state index in [1.54, 1.807) is 17.0 Å². The molecule has 0 atom stereocenters. The molecule has 0 bridgehead atoms. The largest absolute Gasteiger partial charge is 0.459 e. The van der Waals surface area contributed by atoms with E-state index >= 15 is 0 Å². The Bertz CT molecular complexity index is 1100. The lowest BCUT2D eigenvalue weighted by molar-refractivity contribution is 0.0666. The molecule has 30 heavy (non-hydrogen) atoms. The Hall–Kier alpha value is -2.37. The molecule has 0 spiro atoms. The van der Waals surface area contributed by atoms with Crippen LogP contribution in [0.15, 0.2) is 52.0 Å². The monoisotopic (exact) mass is 453 g/mol. The average Bonchev–Trinajstić information content (AvgIpc) is 3.28. The van der Waals surface area contributed by atoms with Gasteiger partial charge in [0.1, 0.15) is 0 Å². The van der Waals surface area contributed by atoms with E-state index in [-0.39, 0.29) is 48.5 Å². The van der Waals surface area contributed by atoms with Gasteiger partial charge in [0.15, 0.2) is 5.76 Å². The molecule has 0 saturated carbocycles. The van der Waals surface area contributed by atoms with Crippen molar-refractivity contribution in [1.82, 2.24) is 9.21 Å². The topological polar surface area (TPSA) is 108 Å². The van der Waals surface area contributed by atoms with Crippen LogP contribution in [0.2, 0.25) is 0 Å². The van der Waals surface area contributed by atoms with E-state index in [2.05, 4.69) is 0 Å². The lowest BCUT2D eigenvalue weighted by Crippen LogP contribution is -2.50. The molecule has 0 radical (unpaired) electrons. The second-order valence-electron chi connectivity index (χ2n) is 7.26. The van der Waals surface area contributed by atoms with Gasteiger partial charge in [-0.25, -0.2) is 16.8 Å². The minimum Gasteiger partial charge on any atom is -0.459 e. The zero-order valence-electron chi connectivity index (χ0n) is 16.3. The van der Waals surface area contributed by atoms with E-state index in [0.717, 1.165) is 6.42 Å². The van der Waals surface area contributed by atoms with Gasteiger partial charge in [0.2, 0.25) is 20.0 Å². The molecule has 2 saturated heterocycles. The molecule has 0 N–H and O–H groups in total. The maximum atomic E-state index is 13.0. The number of hydrogen-bond donors (Lipinski definition) is 0. The summed E-state index contributed by atoms with van der Waals surface area (Å²) in [7, 11) is -7.09. The van der Waals surface area contributed by atoms with Gasteiger partial charge < -0.3 is 9.32 Å². The number of benzene rings is 1. The van der Waals surface area contributed by atoms with Crippen molar-refractivity contribution >= 4 is 31.6 Å². The van der Waals surface area contributed by atoms with E-state index in [4.69, 9.17) is 4.42 Å². The molecule has 2 aliphatic rings. The first-order valence-electron chi connectivity index (χ1n) is 9.72. The molecule has 2 aromatic rings. The number of carbonyl (C=O) groups excluding carboxylic acids is 1. The molecular weight excluding hydrogens is 430 g/mol. The summed E-state index contributed by atoms with van der Waals surface area (Å²) in [5, 5.41) is 0. The Labute approximate surface area is 176 Å². The number of amides is 1. The van der Waals surface area contributed by atoms with Gasteiger partial charge in [-0.05, 0) is 49.2 Å². The number of hydrogen-bond acceptors (Lipinski definition) is 6. The normalized spacial score (nSPS) is 20.3. The fourth-order valence-corrected chi connectivity index (χ4v) is 6.76. The number of piperazine rings is 1. The predicted molar refractivity (Wildman–Crippen MR) is 110 cm³/mol. The quantitative estimate of drug-likeness (QED) is 0.692. The molecule has 162 valence electrons. The molecule has 3 heterocycles. The van der Waals surface area contributed by atoms with Crippen molar-refractivity contribution in [2.45, 2.75) is 17.7 Å². The fraction of sp³-hybridized carbons (Fsp3) is 0.421. The number of furan rings is 1. The number of rotatable bonds is 4. The van der Waals surface area contributed by atoms with Crippen molar-refractivity contribution < 1.29 is 26.0 Å². The molecule has 1 aromatic heterocycles. The first kappa shape index (κ1) is 20.9. The van der Waals surface area contributed by atoms with E-state index in [9.17, 15) is 21.6 Å². The van der Waals surface area contributed by atoms with Crippen LogP contribution in [0.5, 0.6) is 0 Å². The summed E-state index contributed by atoms with van der Waals surface area (Å²) in [6.07, 6.45) is 2.84. The second-order valence-corrected chi connectivity index (χ2v) is 11.2. The van der Waals surface area contributed by atoms with Crippen LogP contribution in [0.25, 0.3) is 0 Å². The highest BCUT2D eigenvalue weighted by atomic mass is 32.2. The van der Waals surface area contributed by atoms with Gasteiger partial charge in [-0.2, -0.15) is 4.31 Å². The Morgan fingerprint density at radius 3 is 2.23 bits per heavy atom. The van der Waals surface area contributed by atoms with Crippen LogP contribution in [-0.2, 0) is 20.0 Å². The van der Waals surface area contributed by atoms with Crippen LogP contribution in [0.3, 0.4) is 0 Å². The van der Waals surface area contributed by atoms with Crippen LogP contribution < -0.4 is 4.31 Å². The minimum absolute atomic E-state index is 0.103. The zero-order valence-corrected chi connectivity index (χ0v) is 17.9. The maximum absolute atomic E-state index is 13.0. The van der Waals surface area contributed by atoms with Gasteiger partial charge >= 0.3 is 0 Å². The van der Waals surface area contributed by atoms with Gasteiger partial charge in [0.25, 0.3) is 5.91 Å². The molecule has 0 aliphatic carbocycles. The van der Waals surface area contributed by atoms with Crippen LogP contribution in [0.1, 0.15) is 23.4 Å². The zero-order chi connectivity index (χ0) is 21.4. The molecule has 0 unspecified atom stereocenters. The van der Waals surface area contributed by atoms with Crippen molar-refractivity contribution in [2.24, 2.45) is 0 Å². The summed E-state index contributed by atoms with van der Waals surface area (Å²) < 4.78 is 58.2. The highest BCUT2D eigenvalue weighted by Gasteiger charge is 2.32. The Morgan fingerprint density at radius 1 is 0.933 bits per heavy atom. The van der Waals surface area contributed by atoms with E-state index in [0.29, 0.717) is 18.7 Å². The number of nitrogens with zero attached hydrogens (tertiary/aromatic N) is 3. The van der Waals surface area contributed by atoms with Gasteiger partial charge in [-0.1, -0.05) is 0 Å². The first-order valence-corrected chi connectivity index (χ1v) is 12.8. The summed E-state index contributed by atoms with van der Waals surface area (Å²) in [6, 6.07) is 9.16. The molecule has 2 aliphatic heterocycles. The predicted octanol–water partition coefficient (Wildman–Crippen LogP) is 1.36. The lowest BCUT2D eigenvalue weighted by Gasteiger charge is -2.33. The van der Waals surface area contributed by atoms with Gasteiger partial charge in [-0.3, -0.25) is 9.10 Å². The summed E-state index contributed by atoms with van der Waals surface area (Å²) >= 11 is 0. The number of carbonyl (C=O) groups is 1. The number of sulfonamides is 2. The molecule has 2 fully saturated rings. The third-order valence-electron chi connectivity index (χ3n) is 5.37. The summed E-state index contributed by atoms with van der Waals surface area (Å²) in [5.74, 6) is 0.0762. The van der Waals surface area contributed by atoms with Crippen LogP contribution in [0.4, 0.5) is 5.69 Å². The van der Waals surface area contributed by atoms with E-state index in [1.807, 2.05) is 0 Å². The van der Waals surface area contributed by atoms with Crippen molar-refractivity contribution in [3.05, 3.63) is 48.4 Å². The van der Waals surface area contributed by atoms with Crippen molar-refractivity contribution in [1.29, 1.82) is 0 Å². The van der Waals surface area contributed by atoms with Crippen LogP contribution in [-0.4, -0.2) is 70.4 Å². The fourth-order valence-electron chi connectivity index (χ4n) is 3.70. The van der Waals surface area contributed by atoms with Crippen LogP contribution in [0, 0.1) is 0 Å². The Balaban J connectivity index is 1.45. The molecule has 9 nitrogen and oxygen atoms in total. The molecule has 1 aromatic carbocycles. The van der Waals surface area contributed by atoms with Crippen molar-refractivity contribution in [3.63, 3.8) is 0 Å². The summed E-state index contributed by atoms with van der Waals surface area (Å²) in [6.45, 7) is 1.29. The highest BCUT2D eigenvalue weighted by Crippen LogP contribution is 2.26. The molecule has 4 rings (SSSR count). The van der Waals surface area contributed by atoms with Gasteiger partial charge in [0, 0.05) is 32.7 Å². The molecular formula is C19H23N3O6S2. The molecule has 1 amide bonds. The smallest absolute Gasteiger partial charge is 0.289 e. The van der Waals surface area contributed by atoms with Crippen molar-refractivity contribution in [2.75, 3.05) is 42.8 Å². The summed E-state index contributed by atoms with van der Waals surface area (Å²) in [4.78, 5) is 14.0. The standard InChI is InChI=1S/C19H23N3O6S2/c23-19(18-4-3-14-28-18)20-10-12-21(13-11-20)30(26,27)17-7-5-16(6-8-17)22-9-1-2-15-29(22,24)25/h3-8,14H,1-2,9-13,15H2. The maximum Gasteiger partial charge on any atom is 0.289 e. The van der Waals surface area contributed by atoms with Gasteiger partial charge in [0.05, 0.1) is 22.6 Å².